The average molecular weight is 497 g/mol. The molecule has 34 heavy (non-hydrogen) atoms. The van der Waals surface area contributed by atoms with Crippen molar-refractivity contribution in [2.24, 2.45) is 0 Å². The summed E-state index contributed by atoms with van der Waals surface area (Å²) in [4.78, 5) is 20.8. The minimum Gasteiger partial charge on any atom is -0.406 e. The molecule has 1 heterocycles. The number of likely N-dealkylation sites (N-methyl/N-ethyl adjacent to an activating group) is 1. The lowest BCUT2D eigenvalue weighted by atomic mass is 9.97. The van der Waals surface area contributed by atoms with Crippen LogP contribution in [0.5, 0.6) is 5.75 Å². The summed E-state index contributed by atoms with van der Waals surface area (Å²) in [5.41, 5.74) is 1.28. The summed E-state index contributed by atoms with van der Waals surface area (Å²) >= 11 is 5.77. The first kappa shape index (κ1) is 25.4. The maximum atomic E-state index is 15.0. The van der Waals surface area contributed by atoms with Gasteiger partial charge in [-0.05, 0) is 24.5 Å². The van der Waals surface area contributed by atoms with Gasteiger partial charge in [-0.3, -0.25) is 15.1 Å². The van der Waals surface area contributed by atoms with Crippen LogP contribution in [0.25, 0.3) is 0 Å². The number of nitrogens with zero attached hydrogens (tertiary/aromatic N) is 2. The van der Waals surface area contributed by atoms with E-state index in [2.05, 4.69) is 25.3 Å². The van der Waals surface area contributed by atoms with Gasteiger partial charge in [0.1, 0.15) is 22.8 Å². The van der Waals surface area contributed by atoms with Crippen molar-refractivity contribution >= 4 is 17.5 Å². The molecule has 0 aliphatic heterocycles. The van der Waals surface area contributed by atoms with Crippen LogP contribution in [0.4, 0.5) is 17.6 Å². The lowest BCUT2D eigenvalue weighted by Crippen LogP contribution is -2.38. The fourth-order valence-electron chi connectivity index (χ4n) is 3.39. The van der Waals surface area contributed by atoms with Crippen LogP contribution in [-0.2, 0) is 11.2 Å². The van der Waals surface area contributed by atoms with Crippen LogP contribution in [0, 0.1) is 5.82 Å². The zero-order chi connectivity index (χ0) is 24.7. The van der Waals surface area contributed by atoms with Crippen molar-refractivity contribution in [1.29, 1.82) is 0 Å². The molecule has 0 spiro atoms. The highest BCUT2D eigenvalue weighted by molar-refractivity contribution is 6.29. The standard InChI is InChI=1S/C23H21ClF4N4O2/c1-29-22(33)21(14-5-3-2-4-6-14)32-19(10-7-15-12-31-20(24)13-30-15)17-9-8-16(11-18(17)25)34-23(26,27)28/h2-6,8-9,11-13,19,21,32H,7,10H2,1H3,(H,29,33). The van der Waals surface area contributed by atoms with Crippen LogP contribution < -0.4 is 15.4 Å². The van der Waals surface area contributed by atoms with Crippen LogP contribution in [0.15, 0.2) is 60.9 Å². The highest BCUT2D eigenvalue weighted by Gasteiger charge is 2.32. The third kappa shape index (κ3) is 7.13. The average Bonchev–Trinajstić information content (AvgIpc) is 2.80. The Labute approximate surface area is 198 Å². The molecule has 2 unspecified atom stereocenters. The molecule has 0 bridgehead atoms. The van der Waals surface area contributed by atoms with Crippen LogP contribution >= 0.6 is 11.6 Å². The van der Waals surface area contributed by atoms with Gasteiger partial charge >= 0.3 is 6.36 Å². The van der Waals surface area contributed by atoms with Crippen LogP contribution in [0.2, 0.25) is 5.15 Å². The highest BCUT2D eigenvalue weighted by atomic mass is 35.5. The van der Waals surface area contributed by atoms with E-state index >= 15 is 0 Å². The van der Waals surface area contributed by atoms with E-state index in [0.717, 1.165) is 6.07 Å². The lowest BCUT2D eigenvalue weighted by Gasteiger charge is -2.26. The molecular weight excluding hydrogens is 476 g/mol. The maximum Gasteiger partial charge on any atom is 0.573 e. The largest absolute Gasteiger partial charge is 0.573 e. The Hall–Kier alpha value is -3.24. The van der Waals surface area contributed by atoms with Gasteiger partial charge in [0, 0.05) is 24.7 Å². The second-order valence-corrected chi connectivity index (χ2v) is 7.66. The van der Waals surface area contributed by atoms with Crippen molar-refractivity contribution in [3.8, 4) is 5.75 Å². The van der Waals surface area contributed by atoms with Crippen molar-refractivity contribution in [3.63, 3.8) is 0 Å². The van der Waals surface area contributed by atoms with Gasteiger partial charge in [-0.2, -0.15) is 0 Å². The summed E-state index contributed by atoms with van der Waals surface area (Å²) in [5.74, 6) is -1.95. The quantitative estimate of drug-likeness (QED) is 0.411. The molecule has 1 aromatic heterocycles. The Morgan fingerprint density at radius 2 is 1.85 bits per heavy atom. The van der Waals surface area contributed by atoms with Crippen molar-refractivity contribution in [2.75, 3.05) is 7.05 Å². The van der Waals surface area contributed by atoms with Crippen molar-refractivity contribution in [2.45, 2.75) is 31.3 Å². The summed E-state index contributed by atoms with van der Waals surface area (Å²) in [6.45, 7) is 0. The number of hydrogen-bond acceptors (Lipinski definition) is 5. The van der Waals surface area contributed by atoms with Gasteiger partial charge in [-0.25, -0.2) is 9.37 Å². The summed E-state index contributed by atoms with van der Waals surface area (Å²) in [5, 5.41) is 5.93. The van der Waals surface area contributed by atoms with E-state index < -0.39 is 30.0 Å². The molecule has 1 amide bonds. The Morgan fingerprint density at radius 1 is 1.12 bits per heavy atom. The molecule has 2 atom stereocenters. The second kappa shape index (κ2) is 11.3. The number of halogens is 5. The van der Waals surface area contributed by atoms with E-state index in [4.69, 9.17) is 11.6 Å². The molecule has 0 aliphatic carbocycles. The lowest BCUT2D eigenvalue weighted by molar-refractivity contribution is -0.274. The number of benzene rings is 2. The predicted molar refractivity (Wildman–Crippen MR) is 118 cm³/mol. The fourth-order valence-corrected chi connectivity index (χ4v) is 3.49. The Bertz CT molecular complexity index is 1100. The van der Waals surface area contributed by atoms with E-state index in [0.29, 0.717) is 23.7 Å². The molecule has 0 saturated carbocycles. The van der Waals surface area contributed by atoms with Crippen molar-refractivity contribution in [1.82, 2.24) is 20.6 Å². The number of rotatable bonds is 9. The SMILES string of the molecule is CNC(=O)C(NC(CCc1cnc(Cl)cn1)c1ccc(OC(F)(F)F)cc1F)c1ccccc1. The van der Waals surface area contributed by atoms with E-state index in [1.54, 1.807) is 30.3 Å². The normalized spacial score (nSPS) is 13.2. The molecule has 2 N–H and O–H groups in total. The number of amides is 1. The number of carbonyl (C=O) groups excluding carboxylic acids is 1. The first-order valence-corrected chi connectivity index (χ1v) is 10.6. The highest BCUT2D eigenvalue weighted by Crippen LogP contribution is 2.30. The van der Waals surface area contributed by atoms with E-state index in [1.807, 2.05) is 0 Å². The topological polar surface area (TPSA) is 76.1 Å². The van der Waals surface area contributed by atoms with Gasteiger partial charge in [0.2, 0.25) is 5.91 Å². The molecule has 180 valence electrons. The first-order chi connectivity index (χ1) is 16.2. The van der Waals surface area contributed by atoms with E-state index in [-0.39, 0.29) is 23.0 Å². The number of ether oxygens (including phenoxy) is 1. The zero-order valence-corrected chi connectivity index (χ0v) is 18.7. The fraction of sp³-hybridized carbons (Fsp3) is 0.261. The number of nitrogens with one attached hydrogen (secondary N) is 2. The summed E-state index contributed by atoms with van der Waals surface area (Å²) in [6.07, 6.45) is -1.51. The summed E-state index contributed by atoms with van der Waals surface area (Å²) in [6, 6.07) is 10.1. The van der Waals surface area contributed by atoms with Gasteiger partial charge in [0.25, 0.3) is 0 Å². The molecule has 6 nitrogen and oxygen atoms in total. The van der Waals surface area contributed by atoms with Gasteiger partial charge in [-0.15, -0.1) is 13.2 Å². The molecule has 3 rings (SSSR count). The van der Waals surface area contributed by atoms with Gasteiger partial charge < -0.3 is 10.1 Å². The second-order valence-electron chi connectivity index (χ2n) is 7.28. The third-order valence-electron chi connectivity index (χ3n) is 4.95. The molecule has 0 aliphatic rings. The van der Waals surface area contributed by atoms with Crippen LogP contribution in [-0.4, -0.2) is 29.3 Å². The Morgan fingerprint density at radius 3 is 2.44 bits per heavy atom. The van der Waals surface area contributed by atoms with E-state index in [1.165, 1.54) is 25.5 Å². The molecular formula is C23H21ClF4N4O2. The summed E-state index contributed by atoms with van der Waals surface area (Å²) in [7, 11) is 1.47. The smallest absolute Gasteiger partial charge is 0.406 e. The molecule has 0 radical (unpaired) electrons. The molecule has 3 aromatic rings. The van der Waals surface area contributed by atoms with Crippen LogP contribution in [0.3, 0.4) is 0 Å². The minimum absolute atomic E-state index is 0.0706. The van der Waals surface area contributed by atoms with Crippen molar-refractivity contribution < 1.29 is 27.1 Å². The van der Waals surface area contributed by atoms with Gasteiger partial charge in [0.05, 0.1) is 18.1 Å². The number of alkyl halides is 3. The predicted octanol–water partition coefficient (Wildman–Crippen LogP) is 4.92. The van der Waals surface area contributed by atoms with Crippen LogP contribution in [0.1, 0.15) is 35.3 Å². The van der Waals surface area contributed by atoms with Crippen molar-refractivity contribution in [3.05, 3.63) is 88.7 Å². The number of aryl methyl sites for hydroxylation is 1. The number of aromatic nitrogens is 2. The molecule has 0 saturated heterocycles. The third-order valence-corrected chi connectivity index (χ3v) is 5.15. The maximum absolute atomic E-state index is 15.0. The Kier molecular flexibility index (Phi) is 8.41. The van der Waals surface area contributed by atoms with Gasteiger partial charge in [0.15, 0.2) is 0 Å². The summed E-state index contributed by atoms with van der Waals surface area (Å²) < 4.78 is 56.4. The number of hydrogen-bond donors (Lipinski definition) is 2. The molecule has 0 fully saturated rings. The molecule has 2 aromatic carbocycles. The minimum atomic E-state index is -4.95. The first-order valence-electron chi connectivity index (χ1n) is 10.2. The zero-order valence-electron chi connectivity index (χ0n) is 17.9. The number of carbonyl (C=O) groups is 1. The van der Waals surface area contributed by atoms with E-state index in [9.17, 15) is 22.4 Å². The monoisotopic (exact) mass is 496 g/mol. The molecule has 11 heteroatoms. The van der Waals surface area contributed by atoms with Gasteiger partial charge in [-0.1, -0.05) is 48.0 Å². The Balaban J connectivity index is 1.92.